The highest BCUT2D eigenvalue weighted by molar-refractivity contribution is 6.03. The van der Waals surface area contributed by atoms with Crippen LogP contribution in [0.15, 0.2) is 39.2 Å². The minimum Gasteiger partial charge on any atom is -0.155 e. The average molecular weight is 203 g/mol. The summed E-state index contributed by atoms with van der Waals surface area (Å²) in [5, 5.41) is 11.8. The first-order chi connectivity index (χ1) is 7.19. The fraction of sp³-hybridized carbons (Fsp3) is 0.583. The van der Waals surface area contributed by atoms with E-state index in [1.54, 1.807) is 0 Å². The van der Waals surface area contributed by atoms with Crippen LogP contribution in [0.1, 0.15) is 33.6 Å². The number of hydrogen-bond donors (Lipinski definition) is 0. The van der Waals surface area contributed by atoms with Crippen molar-refractivity contribution in [2.45, 2.75) is 39.7 Å². The molecule has 0 N–H and O–H groups in total. The van der Waals surface area contributed by atoms with Crippen molar-refractivity contribution in [2.24, 2.45) is 20.9 Å². The van der Waals surface area contributed by atoms with Crippen molar-refractivity contribution in [2.75, 3.05) is 0 Å². The lowest BCUT2D eigenvalue weighted by molar-refractivity contribution is 0.376. The van der Waals surface area contributed by atoms with Crippen LogP contribution in [0.3, 0.4) is 0 Å². The lowest BCUT2D eigenvalue weighted by Crippen LogP contribution is -2.22. The van der Waals surface area contributed by atoms with E-state index < -0.39 is 0 Å². The van der Waals surface area contributed by atoms with Crippen LogP contribution in [0.5, 0.6) is 0 Å². The molecule has 1 atom stereocenters. The Morgan fingerprint density at radius 1 is 1.33 bits per heavy atom. The second-order valence-electron chi connectivity index (χ2n) is 4.40. The minimum absolute atomic E-state index is 0.0757. The molecule has 0 aromatic carbocycles. The van der Waals surface area contributed by atoms with Gasteiger partial charge < -0.3 is 0 Å². The van der Waals surface area contributed by atoms with Crippen LogP contribution in [0.25, 0.3) is 0 Å². The van der Waals surface area contributed by atoms with Crippen LogP contribution >= 0.6 is 0 Å². The third kappa shape index (κ3) is 1.66. The highest BCUT2D eigenvalue weighted by Crippen LogP contribution is 2.37. The van der Waals surface area contributed by atoms with Crippen LogP contribution in [0.4, 0.5) is 0 Å². The maximum Gasteiger partial charge on any atom is 0.135 e. The molecule has 1 unspecified atom stereocenters. The van der Waals surface area contributed by atoms with Crippen molar-refractivity contribution in [3.63, 3.8) is 0 Å². The zero-order valence-corrected chi connectivity index (χ0v) is 9.57. The Kier molecular flexibility index (Phi) is 2.55. The first-order valence-electron chi connectivity index (χ1n) is 5.57. The second-order valence-corrected chi connectivity index (χ2v) is 4.40. The average Bonchev–Trinajstić information content (AvgIpc) is 2.74. The molecular weight excluding hydrogens is 186 g/mol. The van der Waals surface area contributed by atoms with E-state index in [0.717, 1.165) is 18.6 Å². The Labute approximate surface area is 90.7 Å². The zero-order valence-electron chi connectivity index (χ0n) is 9.57. The van der Waals surface area contributed by atoms with Crippen molar-refractivity contribution in [3.8, 4) is 0 Å². The van der Waals surface area contributed by atoms with Crippen molar-refractivity contribution >= 4 is 5.71 Å². The van der Waals surface area contributed by atoms with Gasteiger partial charge in [0.1, 0.15) is 6.04 Å². The monoisotopic (exact) mass is 203 g/mol. The first kappa shape index (κ1) is 10.3. The molecule has 3 nitrogen and oxygen atoms in total. The Morgan fingerprint density at radius 2 is 2.07 bits per heavy atom. The summed E-state index contributed by atoms with van der Waals surface area (Å²) >= 11 is 0. The first-order valence-corrected chi connectivity index (χ1v) is 5.57. The molecule has 2 aliphatic rings. The molecule has 0 saturated heterocycles. The largest absolute Gasteiger partial charge is 0.155 e. The van der Waals surface area contributed by atoms with Gasteiger partial charge in [0.2, 0.25) is 0 Å². The van der Waals surface area contributed by atoms with Gasteiger partial charge >= 0.3 is 0 Å². The summed E-state index contributed by atoms with van der Waals surface area (Å²) in [6.45, 7) is 6.76. The molecule has 1 aliphatic carbocycles. The number of hydrogen-bond acceptors (Lipinski definition) is 3. The molecule has 2 rings (SSSR count). The van der Waals surface area contributed by atoms with Gasteiger partial charge in [0.15, 0.2) is 0 Å². The summed E-state index contributed by atoms with van der Waals surface area (Å²) < 4.78 is 0. The lowest BCUT2D eigenvalue weighted by atomic mass is 9.75. The number of allylic oxidation sites excluding steroid dienone is 2. The summed E-state index contributed by atoms with van der Waals surface area (Å²) in [6, 6.07) is 0.0757. The summed E-state index contributed by atoms with van der Waals surface area (Å²) in [6.07, 6.45) is 8.71. The molecule has 80 valence electrons. The molecular formula is C12H17N3. The van der Waals surface area contributed by atoms with E-state index in [1.165, 1.54) is 5.57 Å². The third-order valence-corrected chi connectivity index (χ3v) is 3.66. The van der Waals surface area contributed by atoms with Gasteiger partial charge in [-0.15, -0.1) is 5.10 Å². The van der Waals surface area contributed by atoms with Crippen LogP contribution in [-0.4, -0.2) is 11.8 Å². The molecule has 0 saturated carbocycles. The normalized spacial score (nSPS) is 23.8. The van der Waals surface area contributed by atoms with Crippen molar-refractivity contribution in [1.82, 2.24) is 0 Å². The Bertz CT molecular complexity index is 370. The number of nitrogens with zero attached hydrogens (tertiary/aromatic N) is 3. The molecule has 1 aliphatic heterocycles. The van der Waals surface area contributed by atoms with Crippen molar-refractivity contribution < 1.29 is 0 Å². The van der Waals surface area contributed by atoms with Crippen LogP contribution in [0, 0.1) is 5.41 Å². The molecule has 0 bridgehead atoms. The fourth-order valence-corrected chi connectivity index (χ4v) is 1.94. The van der Waals surface area contributed by atoms with E-state index >= 15 is 0 Å². The summed E-state index contributed by atoms with van der Waals surface area (Å²) in [4.78, 5) is 0. The van der Waals surface area contributed by atoms with Gasteiger partial charge in [0.25, 0.3) is 0 Å². The van der Waals surface area contributed by atoms with Gasteiger partial charge in [-0.25, -0.2) is 0 Å². The molecule has 0 fully saturated rings. The molecule has 0 radical (unpaired) electrons. The molecule has 3 heteroatoms. The number of rotatable bonds is 3. The molecule has 0 spiro atoms. The topological polar surface area (TPSA) is 37.1 Å². The Morgan fingerprint density at radius 3 is 2.73 bits per heavy atom. The van der Waals surface area contributed by atoms with Gasteiger partial charge in [0, 0.05) is 0 Å². The smallest absolute Gasteiger partial charge is 0.135 e. The fourth-order valence-electron chi connectivity index (χ4n) is 1.94. The van der Waals surface area contributed by atoms with Gasteiger partial charge in [0.05, 0.1) is 5.71 Å². The van der Waals surface area contributed by atoms with Gasteiger partial charge in [-0.05, 0) is 35.1 Å². The van der Waals surface area contributed by atoms with E-state index in [0.29, 0.717) is 0 Å². The maximum absolute atomic E-state index is 4.04. The minimum atomic E-state index is 0.0757. The predicted molar refractivity (Wildman–Crippen MR) is 62.0 cm³/mol. The zero-order chi connectivity index (χ0) is 10.9. The van der Waals surface area contributed by atoms with E-state index in [2.05, 4.69) is 54.4 Å². The van der Waals surface area contributed by atoms with Crippen molar-refractivity contribution in [3.05, 3.63) is 23.8 Å². The van der Waals surface area contributed by atoms with Gasteiger partial charge in [-0.3, -0.25) is 0 Å². The Balaban J connectivity index is 2.29. The van der Waals surface area contributed by atoms with E-state index in [-0.39, 0.29) is 11.5 Å². The summed E-state index contributed by atoms with van der Waals surface area (Å²) in [5.41, 5.74) is 2.60. The quantitative estimate of drug-likeness (QED) is 0.673. The molecule has 0 amide bonds. The van der Waals surface area contributed by atoms with Crippen LogP contribution in [-0.2, 0) is 0 Å². The Hall–Kier alpha value is -1.25. The summed E-state index contributed by atoms with van der Waals surface area (Å²) in [7, 11) is 0. The highest BCUT2D eigenvalue weighted by atomic mass is 15.4. The standard InChI is InChI=1S/C12H17N3/c1-4-12(3,5-2)9-6-7-10-11(8-9)14-15-13-10/h6-8,10H,4-5H2,1-3H3. The summed E-state index contributed by atoms with van der Waals surface area (Å²) in [5.74, 6) is 0. The van der Waals surface area contributed by atoms with Gasteiger partial charge in [-0.1, -0.05) is 32.9 Å². The number of fused-ring (bicyclic) bond motifs is 1. The SMILES string of the molecule is CCC(C)(CC)C1=CC2=NN=NC2C=C1. The van der Waals surface area contributed by atoms with E-state index in [1.807, 2.05) is 0 Å². The van der Waals surface area contributed by atoms with Crippen molar-refractivity contribution in [1.29, 1.82) is 0 Å². The third-order valence-electron chi connectivity index (χ3n) is 3.66. The maximum atomic E-state index is 4.04. The van der Waals surface area contributed by atoms with Crippen LogP contribution < -0.4 is 0 Å². The molecule has 15 heavy (non-hydrogen) atoms. The van der Waals surface area contributed by atoms with E-state index in [4.69, 9.17) is 0 Å². The predicted octanol–water partition coefficient (Wildman–Crippen LogP) is 3.50. The molecule has 0 aromatic heterocycles. The molecule has 1 heterocycles. The van der Waals surface area contributed by atoms with Crippen LogP contribution in [0.2, 0.25) is 0 Å². The van der Waals surface area contributed by atoms with E-state index in [9.17, 15) is 0 Å². The van der Waals surface area contributed by atoms with Gasteiger partial charge in [-0.2, -0.15) is 5.11 Å². The highest BCUT2D eigenvalue weighted by Gasteiger charge is 2.28. The lowest BCUT2D eigenvalue weighted by Gasteiger charge is -2.30. The molecule has 0 aromatic rings. The second kappa shape index (κ2) is 3.72.